The van der Waals surface area contributed by atoms with E-state index in [1.807, 2.05) is 27.7 Å². The molecule has 19 heavy (non-hydrogen) atoms. The van der Waals surface area contributed by atoms with Gasteiger partial charge in [0.05, 0.1) is 10.6 Å². The zero-order valence-electron chi connectivity index (χ0n) is 11.5. The van der Waals surface area contributed by atoms with Crippen LogP contribution in [-0.4, -0.2) is 17.0 Å². The molecule has 1 amide bonds. The Labute approximate surface area is 117 Å². The monoisotopic (exact) mass is 283 g/mol. The van der Waals surface area contributed by atoms with Crippen molar-refractivity contribution in [3.63, 3.8) is 0 Å². The van der Waals surface area contributed by atoms with Crippen molar-refractivity contribution in [3.8, 4) is 0 Å². The summed E-state index contributed by atoms with van der Waals surface area (Å²) < 4.78 is 0. The number of rotatable bonds is 3. The van der Waals surface area contributed by atoms with E-state index in [2.05, 4.69) is 5.32 Å². The fraction of sp³-hybridized carbons (Fsp3) is 0.429. The molecular weight excluding hydrogens is 266 g/mol. The first-order valence-electron chi connectivity index (χ1n) is 5.96. The molecule has 0 aliphatic rings. The minimum atomic E-state index is -1.09. The molecular formula is C14H18ClNO3. The first kappa shape index (κ1) is 15.5. The average molecular weight is 284 g/mol. The highest BCUT2D eigenvalue weighted by molar-refractivity contribution is 6.33. The van der Waals surface area contributed by atoms with Crippen LogP contribution < -0.4 is 5.32 Å². The number of carboxylic acids is 1. The van der Waals surface area contributed by atoms with Gasteiger partial charge in [-0.05, 0) is 23.6 Å². The maximum absolute atomic E-state index is 12.0. The van der Waals surface area contributed by atoms with Crippen molar-refractivity contribution in [2.75, 3.05) is 5.32 Å². The lowest BCUT2D eigenvalue weighted by atomic mass is 9.81. The molecule has 0 aliphatic heterocycles. The molecule has 0 fully saturated rings. The van der Waals surface area contributed by atoms with Gasteiger partial charge >= 0.3 is 5.97 Å². The van der Waals surface area contributed by atoms with Crippen molar-refractivity contribution in [3.05, 3.63) is 28.8 Å². The van der Waals surface area contributed by atoms with Crippen molar-refractivity contribution in [1.82, 2.24) is 0 Å². The zero-order valence-corrected chi connectivity index (χ0v) is 12.2. The van der Waals surface area contributed by atoms with Gasteiger partial charge < -0.3 is 10.4 Å². The molecule has 0 bridgehead atoms. The second-order valence-electron chi connectivity index (χ2n) is 5.58. The number of hydrogen-bond donors (Lipinski definition) is 2. The van der Waals surface area contributed by atoms with Crippen molar-refractivity contribution >= 4 is 29.2 Å². The Balaban J connectivity index is 2.87. The molecule has 1 unspecified atom stereocenters. The Morgan fingerprint density at radius 2 is 1.89 bits per heavy atom. The minimum absolute atomic E-state index is 0.0172. The zero-order chi connectivity index (χ0) is 14.8. The Hall–Kier alpha value is -1.55. The molecule has 0 saturated carbocycles. The second-order valence-corrected chi connectivity index (χ2v) is 5.98. The van der Waals surface area contributed by atoms with Crippen LogP contribution in [0.3, 0.4) is 0 Å². The highest BCUT2D eigenvalue weighted by Gasteiger charge is 2.26. The third-order valence-electron chi connectivity index (χ3n) is 3.16. The van der Waals surface area contributed by atoms with Gasteiger partial charge in [0.25, 0.3) is 0 Å². The molecule has 1 aromatic rings. The molecule has 0 heterocycles. The van der Waals surface area contributed by atoms with Crippen molar-refractivity contribution in [2.45, 2.75) is 27.7 Å². The Bertz CT molecular complexity index is 506. The molecule has 1 atom stereocenters. The fourth-order valence-corrected chi connectivity index (χ4v) is 1.67. The van der Waals surface area contributed by atoms with Crippen molar-refractivity contribution in [2.24, 2.45) is 11.3 Å². The summed E-state index contributed by atoms with van der Waals surface area (Å²) in [7, 11) is 0. The largest absolute Gasteiger partial charge is 0.478 e. The van der Waals surface area contributed by atoms with Crippen LogP contribution >= 0.6 is 11.6 Å². The summed E-state index contributed by atoms with van der Waals surface area (Å²) >= 11 is 5.85. The normalized spacial score (nSPS) is 12.9. The Morgan fingerprint density at radius 3 is 2.32 bits per heavy atom. The van der Waals surface area contributed by atoms with Gasteiger partial charge in [0, 0.05) is 11.6 Å². The van der Waals surface area contributed by atoms with Crippen LogP contribution in [0.4, 0.5) is 5.69 Å². The van der Waals surface area contributed by atoms with Crippen LogP contribution in [0.2, 0.25) is 5.02 Å². The van der Waals surface area contributed by atoms with E-state index in [1.165, 1.54) is 18.2 Å². The lowest BCUT2D eigenvalue weighted by Crippen LogP contribution is -2.30. The predicted molar refractivity (Wildman–Crippen MR) is 75.7 cm³/mol. The van der Waals surface area contributed by atoms with Gasteiger partial charge in [0.2, 0.25) is 5.91 Å². The third-order valence-corrected chi connectivity index (χ3v) is 3.47. The Kier molecular flexibility index (Phi) is 4.58. The smallest absolute Gasteiger partial charge is 0.337 e. The van der Waals surface area contributed by atoms with E-state index in [-0.39, 0.29) is 27.8 Å². The highest BCUT2D eigenvalue weighted by Crippen LogP contribution is 2.27. The number of benzene rings is 1. The lowest BCUT2D eigenvalue weighted by Gasteiger charge is -2.26. The van der Waals surface area contributed by atoms with E-state index >= 15 is 0 Å². The van der Waals surface area contributed by atoms with E-state index < -0.39 is 5.97 Å². The third kappa shape index (κ3) is 3.96. The first-order valence-corrected chi connectivity index (χ1v) is 6.34. The summed E-state index contributed by atoms with van der Waals surface area (Å²) in [5.41, 5.74) is 0.370. The maximum atomic E-state index is 12.0. The fourth-order valence-electron chi connectivity index (χ4n) is 1.41. The summed E-state index contributed by atoms with van der Waals surface area (Å²) in [6, 6.07) is 4.35. The quantitative estimate of drug-likeness (QED) is 0.889. The molecule has 1 aromatic carbocycles. The number of carbonyl (C=O) groups is 2. The van der Waals surface area contributed by atoms with E-state index in [1.54, 1.807) is 0 Å². The summed E-state index contributed by atoms with van der Waals surface area (Å²) in [5.74, 6) is -1.39. The van der Waals surface area contributed by atoms with Gasteiger partial charge in [-0.15, -0.1) is 0 Å². The van der Waals surface area contributed by atoms with E-state index in [9.17, 15) is 9.59 Å². The summed E-state index contributed by atoms with van der Waals surface area (Å²) in [4.78, 5) is 22.8. The Morgan fingerprint density at radius 1 is 1.32 bits per heavy atom. The second kappa shape index (κ2) is 5.61. The molecule has 0 aliphatic carbocycles. The van der Waals surface area contributed by atoms with Gasteiger partial charge in [-0.1, -0.05) is 39.3 Å². The molecule has 104 valence electrons. The topological polar surface area (TPSA) is 66.4 Å². The minimum Gasteiger partial charge on any atom is -0.478 e. The first-order chi connectivity index (χ1) is 8.62. The number of carboxylic acid groups (broad SMARTS) is 1. The van der Waals surface area contributed by atoms with Crippen LogP contribution in [-0.2, 0) is 4.79 Å². The highest BCUT2D eigenvalue weighted by atomic mass is 35.5. The van der Waals surface area contributed by atoms with E-state index in [4.69, 9.17) is 16.7 Å². The van der Waals surface area contributed by atoms with Crippen molar-refractivity contribution in [1.29, 1.82) is 0 Å². The SMILES string of the molecule is CC(C(=O)Nc1ccc(C(=O)O)c(Cl)c1)C(C)(C)C. The number of hydrogen-bond acceptors (Lipinski definition) is 2. The molecule has 2 N–H and O–H groups in total. The number of aromatic carboxylic acids is 1. The maximum Gasteiger partial charge on any atom is 0.337 e. The van der Waals surface area contributed by atoms with Crippen LogP contribution in [0.5, 0.6) is 0 Å². The molecule has 5 heteroatoms. The number of anilines is 1. The number of carbonyl (C=O) groups excluding carboxylic acids is 1. The van der Waals surface area contributed by atoms with Gasteiger partial charge in [-0.25, -0.2) is 4.79 Å². The standard InChI is InChI=1S/C14H18ClNO3/c1-8(14(2,3)4)12(17)16-9-5-6-10(13(18)19)11(15)7-9/h5-8H,1-4H3,(H,16,17)(H,18,19). The summed E-state index contributed by atoms with van der Waals surface area (Å²) in [5, 5.41) is 11.7. The van der Waals surface area contributed by atoms with Crippen LogP contribution in [0, 0.1) is 11.3 Å². The molecule has 4 nitrogen and oxygen atoms in total. The van der Waals surface area contributed by atoms with Gasteiger partial charge in [-0.2, -0.15) is 0 Å². The summed E-state index contributed by atoms with van der Waals surface area (Å²) in [6.45, 7) is 7.80. The van der Waals surface area contributed by atoms with E-state index in [0.29, 0.717) is 5.69 Å². The van der Waals surface area contributed by atoms with Gasteiger partial charge in [0.15, 0.2) is 0 Å². The average Bonchev–Trinajstić information content (AvgIpc) is 2.26. The predicted octanol–water partition coefficient (Wildman–Crippen LogP) is 3.66. The number of amides is 1. The van der Waals surface area contributed by atoms with Crippen molar-refractivity contribution < 1.29 is 14.7 Å². The number of nitrogens with one attached hydrogen (secondary N) is 1. The van der Waals surface area contributed by atoms with E-state index in [0.717, 1.165) is 0 Å². The van der Waals surface area contributed by atoms with Gasteiger partial charge in [0.1, 0.15) is 0 Å². The van der Waals surface area contributed by atoms with Crippen LogP contribution in [0.15, 0.2) is 18.2 Å². The lowest BCUT2D eigenvalue weighted by molar-refractivity contribution is -0.122. The summed E-state index contributed by atoms with van der Waals surface area (Å²) in [6.07, 6.45) is 0. The number of halogens is 1. The molecule has 0 radical (unpaired) electrons. The van der Waals surface area contributed by atoms with Crippen LogP contribution in [0.25, 0.3) is 0 Å². The van der Waals surface area contributed by atoms with Crippen LogP contribution in [0.1, 0.15) is 38.1 Å². The molecule has 0 aromatic heterocycles. The molecule has 0 saturated heterocycles. The molecule has 0 spiro atoms. The van der Waals surface area contributed by atoms with Gasteiger partial charge in [-0.3, -0.25) is 4.79 Å². The molecule has 1 rings (SSSR count).